The summed E-state index contributed by atoms with van der Waals surface area (Å²) in [6.07, 6.45) is 0.865. The van der Waals surface area contributed by atoms with E-state index in [1.54, 1.807) is 23.1 Å². The van der Waals surface area contributed by atoms with Crippen LogP contribution < -0.4 is 5.32 Å². The number of nitrogens with zero attached hydrogens (tertiary/aromatic N) is 2. The van der Waals surface area contributed by atoms with Gasteiger partial charge in [-0.05, 0) is 30.9 Å². The highest BCUT2D eigenvalue weighted by atomic mass is 32.2. The minimum Gasteiger partial charge on any atom is -0.451 e. The number of nitrogens with one attached hydrogen (secondary N) is 1. The Morgan fingerprint density at radius 1 is 1.13 bits per heavy atom. The maximum absolute atomic E-state index is 12.9. The Balaban J connectivity index is 1.46. The summed E-state index contributed by atoms with van der Waals surface area (Å²) in [6, 6.07) is 18.1. The Hall–Kier alpha value is -2.64. The maximum atomic E-state index is 12.9. The summed E-state index contributed by atoms with van der Waals surface area (Å²) < 4.78 is 6.83. The number of fused-ring (bicyclic) bond motifs is 1. The van der Waals surface area contributed by atoms with E-state index in [-0.39, 0.29) is 5.91 Å². The van der Waals surface area contributed by atoms with E-state index in [1.807, 2.05) is 49.4 Å². The van der Waals surface area contributed by atoms with Crippen molar-refractivity contribution in [3.63, 3.8) is 0 Å². The third-order valence-corrected chi connectivity index (χ3v) is 6.98. The SMILES string of the molecule is Cc1nnc(SCc2c(C(=O)NCCC(C)c3ccccc3)oc3ccccc23)s1. The first kappa shape index (κ1) is 20.6. The van der Waals surface area contributed by atoms with Gasteiger partial charge in [0.15, 0.2) is 10.1 Å². The van der Waals surface area contributed by atoms with Crippen molar-refractivity contribution in [2.24, 2.45) is 0 Å². The number of hydrogen-bond donors (Lipinski definition) is 1. The van der Waals surface area contributed by atoms with Gasteiger partial charge >= 0.3 is 0 Å². The zero-order valence-electron chi connectivity index (χ0n) is 16.9. The minimum absolute atomic E-state index is 0.171. The molecule has 0 fully saturated rings. The molecule has 2 heterocycles. The molecule has 0 aliphatic heterocycles. The first-order chi connectivity index (χ1) is 14.6. The molecule has 0 radical (unpaired) electrons. The molecule has 1 amide bonds. The van der Waals surface area contributed by atoms with Gasteiger partial charge in [-0.3, -0.25) is 4.79 Å². The Morgan fingerprint density at radius 2 is 1.90 bits per heavy atom. The van der Waals surface area contributed by atoms with Crippen LogP contribution in [0.15, 0.2) is 63.4 Å². The summed E-state index contributed by atoms with van der Waals surface area (Å²) >= 11 is 3.13. The number of amides is 1. The van der Waals surface area contributed by atoms with Crippen molar-refractivity contribution < 1.29 is 9.21 Å². The van der Waals surface area contributed by atoms with Crippen molar-refractivity contribution in [3.05, 3.63) is 76.5 Å². The predicted octanol–water partition coefficient (Wildman–Crippen LogP) is 5.81. The first-order valence-corrected chi connectivity index (χ1v) is 11.7. The second kappa shape index (κ2) is 9.45. The quantitative estimate of drug-likeness (QED) is 0.352. The van der Waals surface area contributed by atoms with Crippen molar-refractivity contribution in [1.82, 2.24) is 15.5 Å². The smallest absolute Gasteiger partial charge is 0.287 e. The molecule has 0 saturated heterocycles. The molecular weight excluding hydrogens is 414 g/mol. The number of carbonyl (C=O) groups is 1. The standard InChI is InChI=1S/C23H23N3O2S2/c1-15(17-8-4-3-5-9-17)12-13-24-22(27)21-19(14-29-23-26-25-16(2)30-23)18-10-6-7-11-20(18)28-21/h3-11,15H,12-14H2,1-2H3,(H,24,27). The lowest BCUT2D eigenvalue weighted by atomic mass is 9.98. The maximum Gasteiger partial charge on any atom is 0.287 e. The molecule has 1 unspecified atom stereocenters. The number of benzene rings is 2. The van der Waals surface area contributed by atoms with E-state index < -0.39 is 0 Å². The van der Waals surface area contributed by atoms with Crippen LogP contribution in [0.4, 0.5) is 0 Å². The average molecular weight is 438 g/mol. The fourth-order valence-corrected chi connectivity index (χ4v) is 5.17. The molecule has 4 rings (SSSR count). The third-order valence-electron chi connectivity index (χ3n) is 4.98. The van der Waals surface area contributed by atoms with Gasteiger partial charge in [0, 0.05) is 23.2 Å². The Kier molecular flexibility index (Phi) is 6.50. The Labute approximate surface area is 183 Å². The molecule has 4 aromatic rings. The molecule has 0 bridgehead atoms. The number of para-hydroxylation sites is 1. The summed E-state index contributed by atoms with van der Waals surface area (Å²) in [4.78, 5) is 12.9. The number of furan rings is 1. The Morgan fingerprint density at radius 3 is 2.67 bits per heavy atom. The van der Waals surface area contributed by atoms with Crippen LogP contribution in [0.5, 0.6) is 0 Å². The van der Waals surface area contributed by atoms with E-state index in [1.165, 1.54) is 5.56 Å². The van der Waals surface area contributed by atoms with Gasteiger partial charge in [-0.15, -0.1) is 10.2 Å². The Bertz CT molecular complexity index is 1140. The largest absolute Gasteiger partial charge is 0.451 e. The van der Waals surface area contributed by atoms with Crippen LogP contribution >= 0.6 is 23.1 Å². The molecule has 0 spiro atoms. The highest BCUT2D eigenvalue weighted by molar-refractivity contribution is 8.00. The summed E-state index contributed by atoms with van der Waals surface area (Å²) in [5.41, 5.74) is 2.90. The summed E-state index contributed by atoms with van der Waals surface area (Å²) in [5.74, 6) is 1.19. The van der Waals surface area contributed by atoms with E-state index >= 15 is 0 Å². The fourth-order valence-electron chi connectivity index (χ4n) is 3.33. The van der Waals surface area contributed by atoms with Crippen LogP contribution in [-0.2, 0) is 5.75 Å². The second-order valence-corrected chi connectivity index (χ2v) is 9.54. The predicted molar refractivity (Wildman–Crippen MR) is 122 cm³/mol. The number of thioether (sulfide) groups is 1. The van der Waals surface area contributed by atoms with Crippen LogP contribution in [0.25, 0.3) is 11.0 Å². The van der Waals surface area contributed by atoms with Gasteiger partial charge in [0.1, 0.15) is 10.6 Å². The summed E-state index contributed by atoms with van der Waals surface area (Å²) in [6.45, 7) is 4.70. The van der Waals surface area contributed by atoms with Gasteiger partial charge in [0.2, 0.25) is 0 Å². The molecule has 154 valence electrons. The number of carbonyl (C=O) groups excluding carboxylic acids is 1. The summed E-state index contributed by atoms with van der Waals surface area (Å²) in [7, 11) is 0. The number of rotatable bonds is 8. The van der Waals surface area contributed by atoms with Crippen molar-refractivity contribution in [1.29, 1.82) is 0 Å². The molecule has 0 aliphatic rings. The van der Waals surface area contributed by atoms with Crippen molar-refractivity contribution >= 4 is 40.0 Å². The zero-order valence-corrected chi connectivity index (χ0v) is 18.6. The van der Waals surface area contributed by atoms with Crippen molar-refractivity contribution in [2.75, 3.05) is 6.54 Å². The monoisotopic (exact) mass is 437 g/mol. The lowest BCUT2D eigenvalue weighted by molar-refractivity contribution is 0.0926. The average Bonchev–Trinajstić information content (AvgIpc) is 3.35. The van der Waals surface area contributed by atoms with Gasteiger partial charge in [-0.2, -0.15) is 0 Å². The van der Waals surface area contributed by atoms with Crippen LogP contribution in [0.1, 0.15) is 46.0 Å². The number of aromatic nitrogens is 2. The molecule has 7 heteroatoms. The highest BCUT2D eigenvalue weighted by Gasteiger charge is 2.21. The third kappa shape index (κ3) is 4.74. The number of hydrogen-bond acceptors (Lipinski definition) is 6. The highest BCUT2D eigenvalue weighted by Crippen LogP contribution is 2.33. The first-order valence-electron chi connectivity index (χ1n) is 9.88. The van der Waals surface area contributed by atoms with Gasteiger partial charge in [-0.1, -0.05) is 78.6 Å². The molecular formula is C23H23N3O2S2. The van der Waals surface area contributed by atoms with Crippen molar-refractivity contribution in [3.8, 4) is 0 Å². The van der Waals surface area contributed by atoms with E-state index in [0.29, 0.717) is 24.0 Å². The van der Waals surface area contributed by atoms with Gasteiger partial charge in [0.25, 0.3) is 5.91 Å². The molecule has 0 saturated carbocycles. The van der Waals surface area contributed by atoms with Crippen molar-refractivity contribution in [2.45, 2.75) is 36.3 Å². The molecule has 2 aromatic carbocycles. The molecule has 2 aromatic heterocycles. The summed E-state index contributed by atoms with van der Waals surface area (Å²) in [5, 5.41) is 13.2. The molecule has 1 N–H and O–H groups in total. The topological polar surface area (TPSA) is 68.0 Å². The second-order valence-electron chi connectivity index (χ2n) is 7.14. The number of aryl methyl sites for hydroxylation is 1. The normalized spacial score (nSPS) is 12.2. The zero-order chi connectivity index (χ0) is 20.9. The van der Waals surface area contributed by atoms with Gasteiger partial charge in [-0.25, -0.2) is 0 Å². The van der Waals surface area contributed by atoms with Crippen LogP contribution in [0, 0.1) is 6.92 Å². The molecule has 5 nitrogen and oxygen atoms in total. The molecule has 1 atom stereocenters. The molecule has 0 aliphatic carbocycles. The van der Waals surface area contributed by atoms with E-state index in [2.05, 4.69) is 34.6 Å². The van der Waals surface area contributed by atoms with Crippen LogP contribution in [-0.4, -0.2) is 22.6 Å². The van der Waals surface area contributed by atoms with E-state index in [9.17, 15) is 4.79 Å². The molecule has 30 heavy (non-hydrogen) atoms. The lowest BCUT2D eigenvalue weighted by Crippen LogP contribution is -2.25. The fraction of sp³-hybridized carbons (Fsp3) is 0.261. The van der Waals surface area contributed by atoms with Crippen LogP contribution in [0.2, 0.25) is 0 Å². The van der Waals surface area contributed by atoms with Gasteiger partial charge in [0.05, 0.1) is 0 Å². The minimum atomic E-state index is -0.171. The van der Waals surface area contributed by atoms with E-state index in [0.717, 1.165) is 32.3 Å². The van der Waals surface area contributed by atoms with Crippen LogP contribution in [0.3, 0.4) is 0 Å². The lowest BCUT2D eigenvalue weighted by Gasteiger charge is -2.12. The van der Waals surface area contributed by atoms with E-state index in [4.69, 9.17) is 4.42 Å². The van der Waals surface area contributed by atoms with Gasteiger partial charge < -0.3 is 9.73 Å².